The van der Waals surface area contributed by atoms with Crippen LogP contribution in [0, 0.1) is 0 Å². The van der Waals surface area contributed by atoms with Gasteiger partial charge in [0, 0.05) is 57.4 Å². The van der Waals surface area contributed by atoms with Gasteiger partial charge in [0.2, 0.25) is 0 Å². The maximum absolute atomic E-state index is 13.8. The van der Waals surface area contributed by atoms with Crippen LogP contribution in [0.25, 0.3) is 11.1 Å². The number of hydrogen-bond acceptors (Lipinski definition) is 7. The number of aromatic carboxylic acids is 1. The van der Waals surface area contributed by atoms with E-state index in [9.17, 15) is 14.7 Å². The Hall–Kier alpha value is -5.32. The molecule has 53 heavy (non-hydrogen) atoms. The Labute approximate surface area is 315 Å². The fourth-order valence-corrected chi connectivity index (χ4v) is 6.99. The van der Waals surface area contributed by atoms with Gasteiger partial charge in [-0.1, -0.05) is 85.6 Å². The van der Waals surface area contributed by atoms with Crippen LogP contribution in [0.15, 0.2) is 97.1 Å². The molecule has 2 N–H and O–H groups in total. The average molecular weight is 736 g/mol. The van der Waals surface area contributed by atoms with Gasteiger partial charge in [0.05, 0.1) is 25.0 Å². The van der Waals surface area contributed by atoms with Gasteiger partial charge in [0.25, 0.3) is 5.91 Å². The Morgan fingerprint density at radius 2 is 1.66 bits per heavy atom. The van der Waals surface area contributed by atoms with Crippen molar-refractivity contribution in [2.75, 3.05) is 56.7 Å². The lowest BCUT2D eigenvalue weighted by atomic mass is 9.99. The summed E-state index contributed by atoms with van der Waals surface area (Å²) < 4.78 is 13.5. The van der Waals surface area contributed by atoms with Crippen molar-refractivity contribution in [3.8, 4) is 22.6 Å². The number of aromatic nitrogens is 2. The summed E-state index contributed by atoms with van der Waals surface area (Å²) in [7, 11) is 1.71. The first-order valence-electron chi connectivity index (χ1n) is 18.2. The van der Waals surface area contributed by atoms with Crippen LogP contribution in [-0.2, 0) is 13.0 Å². The van der Waals surface area contributed by atoms with Gasteiger partial charge < -0.3 is 29.4 Å². The summed E-state index contributed by atoms with van der Waals surface area (Å²) in [5, 5.41) is 12.8. The molecule has 11 heteroatoms. The summed E-state index contributed by atoms with van der Waals surface area (Å²) in [6.07, 6.45) is 3.43. The summed E-state index contributed by atoms with van der Waals surface area (Å²) >= 11 is 6.66. The molecule has 2 heterocycles. The van der Waals surface area contributed by atoms with Crippen molar-refractivity contribution in [2.45, 2.75) is 39.2 Å². The number of imidazole rings is 1. The number of carboxylic acids is 1. The van der Waals surface area contributed by atoms with E-state index in [1.165, 1.54) is 0 Å². The number of carbonyl (C=O) groups is 2. The molecule has 1 aliphatic heterocycles. The van der Waals surface area contributed by atoms with Crippen LogP contribution < -0.4 is 19.7 Å². The Morgan fingerprint density at radius 1 is 0.906 bits per heavy atom. The highest BCUT2D eigenvalue weighted by Gasteiger charge is 2.23. The number of hydrogen-bond donors (Lipinski definition) is 2. The molecule has 0 atom stereocenters. The molecule has 10 nitrogen and oxygen atoms in total. The number of para-hydroxylation sites is 2. The number of unbranched alkanes of at least 4 members (excludes halogenated alkanes) is 1. The fraction of sp³-hybridized carbons (Fsp3) is 0.310. The van der Waals surface area contributed by atoms with Crippen molar-refractivity contribution in [3.63, 3.8) is 0 Å². The third kappa shape index (κ3) is 9.38. The molecule has 4 aromatic carbocycles. The smallest absolute Gasteiger partial charge is 0.336 e. The van der Waals surface area contributed by atoms with Gasteiger partial charge in [-0.3, -0.25) is 9.69 Å². The maximum Gasteiger partial charge on any atom is 0.336 e. The second-order valence-corrected chi connectivity index (χ2v) is 13.4. The van der Waals surface area contributed by atoms with Gasteiger partial charge >= 0.3 is 5.97 Å². The number of carboxylic acid groups (broad SMARTS) is 1. The van der Waals surface area contributed by atoms with Gasteiger partial charge in [0.15, 0.2) is 5.15 Å². The first kappa shape index (κ1) is 37.4. The molecule has 0 aliphatic carbocycles. The van der Waals surface area contributed by atoms with Crippen LogP contribution in [0.3, 0.4) is 0 Å². The van der Waals surface area contributed by atoms with Crippen LogP contribution in [0.5, 0.6) is 11.5 Å². The third-order valence-electron chi connectivity index (χ3n) is 9.51. The van der Waals surface area contributed by atoms with Crippen LogP contribution >= 0.6 is 11.6 Å². The van der Waals surface area contributed by atoms with Crippen LogP contribution in [0.2, 0.25) is 5.15 Å². The van der Waals surface area contributed by atoms with E-state index in [4.69, 9.17) is 21.1 Å². The number of methoxy groups -OCH3 is 1. The molecule has 1 fully saturated rings. The first-order valence-corrected chi connectivity index (χ1v) is 18.5. The minimum Gasteiger partial charge on any atom is -0.495 e. The molecule has 0 unspecified atom stereocenters. The van der Waals surface area contributed by atoms with Crippen molar-refractivity contribution < 1.29 is 24.2 Å². The Morgan fingerprint density at radius 3 is 2.42 bits per heavy atom. The van der Waals surface area contributed by atoms with E-state index >= 15 is 0 Å². The number of carbonyl (C=O) groups excluding carboxylic acids is 1. The average Bonchev–Trinajstić information content (AvgIpc) is 3.50. The highest BCUT2D eigenvalue weighted by Crippen LogP contribution is 2.29. The van der Waals surface area contributed by atoms with Crippen molar-refractivity contribution in [1.82, 2.24) is 14.5 Å². The van der Waals surface area contributed by atoms with Crippen molar-refractivity contribution in [1.29, 1.82) is 0 Å². The lowest BCUT2D eigenvalue weighted by molar-refractivity contribution is 0.0697. The normalized spacial score (nSPS) is 13.2. The molecular formula is C42H46ClN5O5. The van der Waals surface area contributed by atoms with E-state index in [1.54, 1.807) is 25.3 Å². The molecule has 1 amide bonds. The van der Waals surface area contributed by atoms with Crippen molar-refractivity contribution in [2.24, 2.45) is 0 Å². The summed E-state index contributed by atoms with van der Waals surface area (Å²) in [6, 6.07) is 30.2. The molecule has 1 saturated heterocycles. The Bertz CT molecular complexity index is 2010. The van der Waals surface area contributed by atoms with Gasteiger partial charge in [-0.15, -0.1) is 0 Å². The number of piperazine rings is 1. The first-order chi connectivity index (χ1) is 25.8. The highest BCUT2D eigenvalue weighted by atomic mass is 35.5. The van der Waals surface area contributed by atoms with E-state index in [-0.39, 0.29) is 22.3 Å². The van der Waals surface area contributed by atoms with Crippen molar-refractivity contribution in [3.05, 3.63) is 125 Å². The standard InChI is InChI=1S/C42H46ClN5O5/c1-3-4-17-38-45-40(43)39(48(38)29-30-18-20-31(21-19-30)34-13-5-6-14-35(34)42(50)51)41(49)44-32-11-9-12-33(28-32)53-27-10-22-46-23-25-47(26-24-46)36-15-7-8-16-37(36)52-2/h5-9,11-16,18-21,28H,3-4,10,17,22-27,29H2,1-2H3,(H,44,49)(H,50,51). The molecule has 0 bridgehead atoms. The summed E-state index contributed by atoms with van der Waals surface area (Å²) in [4.78, 5) is 35.0. The minimum absolute atomic E-state index is 0.150. The lowest BCUT2D eigenvalue weighted by Gasteiger charge is -2.36. The number of nitrogens with one attached hydrogen (secondary N) is 1. The molecule has 0 saturated carbocycles. The molecule has 0 spiro atoms. The maximum atomic E-state index is 13.8. The number of aryl methyl sites for hydroxylation is 1. The third-order valence-corrected chi connectivity index (χ3v) is 9.78. The van der Waals surface area contributed by atoms with Crippen LogP contribution in [0.1, 0.15) is 58.4 Å². The largest absolute Gasteiger partial charge is 0.495 e. The zero-order valence-corrected chi connectivity index (χ0v) is 31.0. The summed E-state index contributed by atoms with van der Waals surface area (Å²) in [5.41, 5.74) is 4.64. The van der Waals surface area contributed by atoms with E-state index in [2.05, 4.69) is 33.1 Å². The highest BCUT2D eigenvalue weighted by molar-refractivity contribution is 6.33. The predicted molar refractivity (Wildman–Crippen MR) is 210 cm³/mol. The number of amides is 1. The summed E-state index contributed by atoms with van der Waals surface area (Å²) in [6.45, 7) is 7.83. The zero-order valence-electron chi connectivity index (χ0n) is 30.3. The number of anilines is 2. The minimum atomic E-state index is -0.975. The van der Waals surface area contributed by atoms with Crippen LogP contribution in [0.4, 0.5) is 11.4 Å². The molecule has 0 radical (unpaired) electrons. The molecule has 5 aromatic rings. The van der Waals surface area contributed by atoms with Gasteiger partial charge in [-0.25, -0.2) is 9.78 Å². The van der Waals surface area contributed by atoms with E-state index in [0.717, 1.165) is 80.4 Å². The second-order valence-electron chi connectivity index (χ2n) is 13.1. The van der Waals surface area contributed by atoms with Crippen molar-refractivity contribution >= 4 is 34.9 Å². The molecule has 1 aliphatic rings. The monoisotopic (exact) mass is 735 g/mol. The van der Waals surface area contributed by atoms with Gasteiger partial charge in [-0.05, 0) is 59.9 Å². The van der Waals surface area contributed by atoms with Crippen LogP contribution in [-0.4, -0.2) is 77.9 Å². The summed E-state index contributed by atoms with van der Waals surface area (Å²) in [5.74, 6) is 0.986. The second kappa shape index (κ2) is 17.9. The van der Waals surface area contributed by atoms with Gasteiger partial charge in [0.1, 0.15) is 23.0 Å². The fourth-order valence-electron chi connectivity index (χ4n) is 6.71. The number of halogens is 1. The predicted octanol–water partition coefficient (Wildman–Crippen LogP) is 8.14. The number of nitrogens with zero attached hydrogens (tertiary/aromatic N) is 4. The van der Waals surface area contributed by atoms with E-state index < -0.39 is 5.97 Å². The Balaban J connectivity index is 1.06. The van der Waals surface area contributed by atoms with E-state index in [0.29, 0.717) is 36.6 Å². The number of benzene rings is 4. The quantitative estimate of drug-likeness (QED) is 0.0978. The van der Waals surface area contributed by atoms with Gasteiger partial charge in [-0.2, -0.15) is 0 Å². The SMILES string of the molecule is CCCCc1nc(Cl)c(C(=O)Nc2cccc(OCCCN3CCN(c4ccccc4OC)CC3)c2)n1Cc1ccc(-c2ccccc2C(=O)O)cc1. The number of rotatable bonds is 16. The molecule has 1 aromatic heterocycles. The molecule has 6 rings (SSSR count). The molecule has 276 valence electrons. The number of ether oxygens (including phenoxy) is 2. The zero-order chi connectivity index (χ0) is 37.2. The Kier molecular flexibility index (Phi) is 12.7. The lowest BCUT2D eigenvalue weighted by Crippen LogP contribution is -2.46. The van der Waals surface area contributed by atoms with E-state index in [1.807, 2.05) is 77.4 Å². The molecular weight excluding hydrogens is 690 g/mol. The topological polar surface area (TPSA) is 109 Å².